The Morgan fingerprint density at radius 2 is 1.30 bits per heavy atom. The summed E-state index contributed by atoms with van der Waals surface area (Å²) in [4.78, 5) is 36.5. The molecule has 1 saturated heterocycles. The number of rotatable bonds is 6. The van der Waals surface area contributed by atoms with Gasteiger partial charge in [-0.25, -0.2) is 0 Å². The van der Waals surface area contributed by atoms with Crippen LogP contribution >= 0.6 is 11.8 Å². The minimum atomic E-state index is -0.496. The molecular weight excluding hydrogens is 406 g/mol. The second kappa shape index (κ2) is 7.96. The van der Waals surface area contributed by atoms with Crippen molar-refractivity contribution in [2.75, 3.05) is 4.90 Å². The van der Waals surface area contributed by atoms with Gasteiger partial charge in [0, 0.05) is 34.8 Å². The first kappa shape index (κ1) is 19.6. The van der Waals surface area contributed by atoms with Gasteiger partial charge in [-0.3, -0.25) is 25.0 Å². The summed E-state index contributed by atoms with van der Waals surface area (Å²) in [5.41, 5.74) is 1.21. The predicted octanol–water partition coefficient (Wildman–Crippen LogP) is 4.75. The van der Waals surface area contributed by atoms with Crippen LogP contribution in [0.3, 0.4) is 0 Å². The molecule has 4 rings (SSSR count). The van der Waals surface area contributed by atoms with E-state index in [2.05, 4.69) is 0 Å². The van der Waals surface area contributed by atoms with E-state index < -0.39 is 15.1 Å². The molecule has 0 aliphatic carbocycles. The predicted molar refractivity (Wildman–Crippen MR) is 113 cm³/mol. The van der Waals surface area contributed by atoms with Crippen LogP contribution < -0.4 is 4.90 Å². The lowest BCUT2D eigenvalue weighted by atomic mass is 9.92. The van der Waals surface area contributed by atoms with Crippen LogP contribution in [-0.2, 0) is 4.79 Å². The molecular formula is C21H15N3O5S. The molecule has 9 heteroatoms. The number of nitro benzene ring substituents is 2. The Kier molecular flexibility index (Phi) is 5.20. The Hall–Kier alpha value is -3.72. The Morgan fingerprint density at radius 1 is 0.767 bits per heavy atom. The van der Waals surface area contributed by atoms with Crippen molar-refractivity contribution in [3.05, 3.63) is 105 Å². The number of nitrogens with zero attached hydrogens (tertiary/aromatic N) is 3. The topological polar surface area (TPSA) is 107 Å². The second-order valence-electron chi connectivity index (χ2n) is 6.63. The maximum absolute atomic E-state index is 13.0. The lowest BCUT2D eigenvalue weighted by Crippen LogP contribution is -2.57. The van der Waals surface area contributed by atoms with Crippen molar-refractivity contribution in [3.63, 3.8) is 0 Å². The van der Waals surface area contributed by atoms with Gasteiger partial charge in [0.1, 0.15) is 5.25 Å². The molecule has 0 unspecified atom stereocenters. The molecule has 150 valence electrons. The normalized spacial score (nSPS) is 18.0. The van der Waals surface area contributed by atoms with Crippen molar-refractivity contribution in [3.8, 4) is 0 Å². The minimum Gasteiger partial charge on any atom is -0.302 e. The van der Waals surface area contributed by atoms with Crippen molar-refractivity contribution in [1.29, 1.82) is 0 Å². The molecule has 8 nitrogen and oxygen atoms in total. The molecule has 30 heavy (non-hydrogen) atoms. The van der Waals surface area contributed by atoms with Gasteiger partial charge in [-0.05, 0) is 29.8 Å². The molecule has 0 saturated carbocycles. The second-order valence-corrected chi connectivity index (χ2v) is 7.84. The summed E-state index contributed by atoms with van der Waals surface area (Å²) in [5, 5.41) is 21.5. The van der Waals surface area contributed by atoms with Gasteiger partial charge in [0.2, 0.25) is 5.91 Å². The molecule has 0 N–H and O–H groups in total. The van der Waals surface area contributed by atoms with E-state index in [1.54, 1.807) is 17.0 Å². The van der Waals surface area contributed by atoms with E-state index in [0.29, 0.717) is 5.69 Å². The van der Waals surface area contributed by atoms with Crippen LogP contribution in [0, 0.1) is 20.2 Å². The molecule has 1 fully saturated rings. The average Bonchev–Trinajstić information content (AvgIpc) is 2.76. The van der Waals surface area contributed by atoms with E-state index >= 15 is 0 Å². The highest BCUT2D eigenvalue weighted by atomic mass is 32.2. The van der Waals surface area contributed by atoms with Crippen molar-refractivity contribution >= 4 is 34.7 Å². The molecule has 1 amide bonds. The number of β-lactam (4-membered cyclic amide) rings is 1. The first-order valence-electron chi connectivity index (χ1n) is 8.99. The monoisotopic (exact) mass is 421 g/mol. The highest BCUT2D eigenvalue weighted by molar-refractivity contribution is 8.00. The van der Waals surface area contributed by atoms with Gasteiger partial charge < -0.3 is 4.90 Å². The molecule has 3 aromatic carbocycles. The number of hydrogen-bond acceptors (Lipinski definition) is 6. The van der Waals surface area contributed by atoms with E-state index in [1.807, 2.05) is 30.3 Å². The van der Waals surface area contributed by atoms with Crippen LogP contribution in [-0.4, -0.2) is 21.0 Å². The Balaban J connectivity index is 1.68. The fraction of sp³-hybridized carbons (Fsp3) is 0.0952. The van der Waals surface area contributed by atoms with E-state index in [0.717, 1.165) is 10.5 Å². The molecule has 0 aromatic heterocycles. The van der Waals surface area contributed by atoms with E-state index in [4.69, 9.17) is 0 Å². The van der Waals surface area contributed by atoms with Crippen LogP contribution in [0.1, 0.15) is 11.6 Å². The summed E-state index contributed by atoms with van der Waals surface area (Å²) < 4.78 is 0. The highest BCUT2D eigenvalue weighted by Gasteiger charge is 2.49. The number of hydrogen-bond donors (Lipinski definition) is 0. The Labute approximate surface area is 175 Å². The zero-order chi connectivity index (χ0) is 21.3. The average molecular weight is 421 g/mol. The third kappa shape index (κ3) is 3.62. The number of anilines is 1. The van der Waals surface area contributed by atoms with Crippen LogP contribution in [0.4, 0.5) is 17.1 Å². The van der Waals surface area contributed by atoms with Crippen LogP contribution in [0.2, 0.25) is 0 Å². The number of carbonyl (C=O) groups excluding carboxylic acids is 1. The van der Waals surface area contributed by atoms with Gasteiger partial charge in [0.15, 0.2) is 0 Å². The van der Waals surface area contributed by atoms with Crippen LogP contribution in [0.25, 0.3) is 0 Å². The highest BCUT2D eigenvalue weighted by Crippen LogP contribution is 2.47. The number of amides is 1. The fourth-order valence-corrected chi connectivity index (χ4v) is 4.59. The van der Waals surface area contributed by atoms with E-state index in [9.17, 15) is 25.0 Å². The van der Waals surface area contributed by atoms with Crippen LogP contribution in [0.15, 0.2) is 83.8 Å². The molecule has 0 spiro atoms. The third-order valence-electron chi connectivity index (χ3n) is 4.84. The lowest BCUT2D eigenvalue weighted by Gasteiger charge is -2.47. The zero-order valence-corrected chi connectivity index (χ0v) is 16.3. The minimum absolute atomic E-state index is 0.0291. The van der Waals surface area contributed by atoms with Gasteiger partial charge in [-0.1, -0.05) is 30.3 Å². The number of benzene rings is 3. The lowest BCUT2D eigenvalue weighted by molar-refractivity contribution is -0.385. The molecule has 1 aliphatic rings. The first-order valence-corrected chi connectivity index (χ1v) is 9.87. The van der Waals surface area contributed by atoms with Gasteiger partial charge in [-0.2, -0.15) is 0 Å². The van der Waals surface area contributed by atoms with Crippen LogP contribution in [0.5, 0.6) is 0 Å². The molecule has 1 heterocycles. The Morgan fingerprint density at radius 3 is 1.83 bits per heavy atom. The fourth-order valence-electron chi connectivity index (χ4n) is 3.36. The van der Waals surface area contributed by atoms with Crippen molar-refractivity contribution in [1.82, 2.24) is 0 Å². The van der Waals surface area contributed by atoms with Crippen molar-refractivity contribution < 1.29 is 14.6 Å². The zero-order valence-electron chi connectivity index (χ0n) is 15.5. The van der Waals surface area contributed by atoms with Gasteiger partial charge >= 0.3 is 0 Å². The third-order valence-corrected chi connectivity index (χ3v) is 6.09. The first-order chi connectivity index (χ1) is 14.5. The van der Waals surface area contributed by atoms with Gasteiger partial charge in [0.25, 0.3) is 11.4 Å². The molecule has 0 radical (unpaired) electrons. The quantitative estimate of drug-likeness (QED) is 0.323. The number of thioether (sulfide) groups is 1. The maximum Gasteiger partial charge on any atom is 0.269 e. The molecule has 0 bridgehead atoms. The standard InChI is InChI=1S/C21H15N3O5S/c25-21-20(30-18-4-2-1-3-5-18)19(14-6-8-16(9-7-14)23(26)27)22(21)15-10-12-17(13-11-15)24(28)29/h1-13,19-20H/t19-,20+/m0/s1. The summed E-state index contributed by atoms with van der Waals surface area (Å²) in [6.45, 7) is 0. The maximum atomic E-state index is 13.0. The molecule has 3 aromatic rings. The number of nitro groups is 2. The van der Waals surface area contributed by atoms with E-state index in [-0.39, 0.29) is 23.3 Å². The van der Waals surface area contributed by atoms with Gasteiger partial charge in [0.05, 0.1) is 15.9 Å². The SMILES string of the molecule is O=C1[C@H](Sc2ccccc2)[C@H](c2ccc([N+](=O)[O-])cc2)N1c1ccc([N+](=O)[O-])cc1. The summed E-state index contributed by atoms with van der Waals surface area (Å²) in [5.74, 6) is -0.124. The Bertz CT molecular complexity index is 1100. The van der Waals surface area contributed by atoms with Gasteiger partial charge in [-0.15, -0.1) is 11.8 Å². The number of non-ortho nitro benzene ring substituents is 2. The summed E-state index contributed by atoms with van der Waals surface area (Å²) >= 11 is 1.43. The molecule has 2 atom stereocenters. The van der Waals surface area contributed by atoms with Crippen molar-refractivity contribution in [2.24, 2.45) is 0 Å². The van der Waals surface area contributed by atoms with E-state index in [1.165, 1.54) is 48.2 Å². The molecule has 1 aliphatic heterocycles. The summed E-state index contributed by atoms with van der Waals surface area (Å²) in [6, 6.07) is 21.1. The van der Waals surface area contributed by atoms with Crippen molar-refractivity contribution in [2.45, 2.75) is 16.2 Å². The smallest absolute Gasteiger partial charge is 0.269 e. The largest absolute Gasteiger partial charge is 0.302 e. The summed E-state index contributed by atoms with van der Waals surface area (Å²) in [6.07, 6.45) is 0. The number of carbonyl (C=O) groups is 1. The summed E-state index contributed by atoms with van der Waals surface area (Å²) in [7, 11) is 0.